The van der Waals surface area contributed by atoms with E-state index in [1.807, 2.05) is 42.1 Å². The van der Waals surface area contributed by atoms with E-state index in [1.165, 1.54) is 32.4 Å². The van der Waals surface area contributed by atoms with Crippen LogP contribution in [0.1, 0.15) is 35.2 Å². The molecule has 0 bridgehead atoms. The number of likely N-dealkylation sites (tertiary alicyclic amines) is 1. The molecule has 188 valence electrons. The standard InChI is InChI=1S/C28H30N8O/c1-34-13-9-20-19(7-10-29-27(20)34)26-21-15-31-28(37)25(21)22(16-30-26)32-23-5-4-6-24(33-23)36-14-8-18(17-36)35-11-2-3-12-35/h4-7,9-10,13,16,18H,2-3,8,11-12,14-15,17H2,1H3,(H,31,37)(H,32,33)/t18-/m0/s1. The molecule has 7 rings (SSSR count). The maximum absolute atomic E-state index is 12.9. The Morgan fingerprint density at radius 3 is 2.86 bits per heavy atom. The SMILES string of the molecule is Cn1ccc2c(-c3ncc(Nc4cccc(N5CC[C@H](N6CCCC6)C5)n4)c4c3CNC4=O)ccnc21. The number of amides is 1. The number of carbonyl (C=O) groups is 1. The van der Waals surface area contributed by atoms with E-state index < -0.39 is 0 Å². The Bertz CT molecular complexity index is 1510. The van der Waals surface area contributed by atoms with Gasteiger partial charge in [-0.1, -0.05) is 6.07 Å². The Morgan fingerprint density at radius 2 is 1.97 bits per heavy atom. The molecular formula is C28H30N8O. The molecule has 0 unspecified atom stereocenters. The zero-order chi connectivity index (χ0) is 24.9. The first kappa shape index (κ1) is 22.2. The fourth-order valence-corrected chi connectivity index (χ4v) is 6.10. The van der Waals surface area contributed by atoms with Gasteiger partial charge in [0.15, 0.2) is 0 Å². The van der Waals surface area contributed by atoms with Gasteiger partial charge in [-0.2, -0.15) is 0 Å². The predicted molar refractivity (Wildman–Crippen MR) is 144 cm³/mol. The van der Waals surface area contributed by atoms with E-state index in [9.17, 15) is 4.79 Å². The van der Waals surface area contributed by atoms with Crippen LogP contribution in [0.4, 0.5) is 17.3 Å². The molecule has 2 N–H and O–H groups in total. The van der Waals surface area contributed by atoms with Crippen LogP contribution in [-0.2, 0) is 13.6 Å². The van der Waals surface area contributed by atoms with Crippen LogP contribution in [0.25, 0.3) is 22.3 Å². The fourth-order valence-electron chi connectivity index (χ4n) is 6.10. The van der Waals surface area contributed by atoms with Gasteiger partial charge in [0.1, 0.15) is 17.3 Å². The van der Waals surface area contributed by atoms with Crippen LogP contribution >= 0.6 is 0 Å². The summed E-state index contributed by atoms with van der Waals surface area (Å²) >= 11 is 0. The second-order valence-corrected chi connectivity index (χ2v) is 10.2. The second kappa shape index (κ2) is 8.85. The first-order chi connectivity index (χ1) is 18.2. The molecule has 2 fully saturated rings. The van der Waals surface area contributed by atoms with E-state index in [2.05, 4.69) is 31.5 Å². The van der Waals surface area contributed by atoms with E-state index in [0.29, 0.717) is 29.7 Å². The normalized spacial score (nSPS) is 19.5. The number of nitrogens with zero attached hydrogens (tertiary/aromatic N) is 6. The van der Waals surface area contributed by atoms with Gasteiger partial charge in [-0.3, -0.25) is 14.7 Å². The maximum atomic E-state index is 12.9. The monoisotopic (exact) mass is 494 g/mol. The highest BCUT2D eigenvalue weighted by Gasteiger charge is 2.31. The third-order valence-electron chi connectivity index (χ3n) is 8.00. The zero-order valence-electron chi connectivity index (χ0n) is 20.9. The Kier molecular flexibility index (Phi) is 5.32. The summed E-state index contributed by atoms with van der Waals surface area (Å²) < 4.78 is 1.99. The summed E-state index contributed by atoms with van der Waals surface area (Å²) in [6.07, 6.45) is 9.35. The summed E-state index contributed by atoms with van der Waals surface area (Å²) in [5.74, 6) is 1.59. The molecule has 0 aromatic carbocycles. The number of hydrogen-bond acceptors (Lipinski definition) is 7. The highest BCUT2D eigenvalue weighted by Crippen LogP contribution is 2.36. The van der Waals surface area contributed by atoms with Crippen molar-refractivity contribution >= 4 is 34.3 Å². The van der Waals surface area contributed by atoms with Crippen molar-refractivity contribution in [2.75, 3.05) is 36.4 Å². The summed E-state index contributed by atoms with van der Waals surface area (Å²) in [5, 5.41) is 7.41. The van der Waals surface area contributed by atoms with Crippen LogP contribution in [-0.4, -0.2) is 62.5 Å². The minimum Gasteiger partial charge on any atom is -0.355 e. The van der Waals surface area contributed by atoms with E-state index in [1.54, 1.807) is 12.4 Å². The predicted octanol–water partition coefficient (Wildman–Crippen LogP) is 3.69. The molecule has 4 aromatic rings. The van der Waals surface area contributed by atoms with E-state index in [-0.39, 0.29) is 5.91 Å². The molecule has 1 amide bonds. The van der Waals surface area contributed by atoms with Crippen molar-refractivity contribution in [3.8, 4) is 11.3 Å². The van der Waals surface area contributed by atoms with Crippen molar-refractivity contribution in [1.82, 2.24) is 29.7 Å². The van der Waals surface area contributed by atoms with Crippen LogP contribution in [0.3, 0.4) is 0 Å². The van der Waals surface area contributed by atoms with E-state index >= 15 is 0 Å². The van der Waals surface area contributed by atoms with Gasteiger partial charge >= 0.3 is 0 Å². The summed E-state index contributed by atoms with van der Waals surface area (Å²) in [4.78, 5) is 32.2. The van der Waals surface area contributed by atoms with Gasteiger partial charge in [-0.15, -0.1) is 0 Å². The number of aromatic nitrogens is 4. The molecule has 3 aliphatic rings. The van der Waals surface area contributed by atoms with Crippen molar-refractivity contribution in [1.29, 1.82) is 0 Å². The van der Waals surface area contributed by atoms with Gasteiger partial charge in [0, 0.05) is 61.6 Å². The zero-order valence-corrected chi connectivity index (χ0v) is 20.9. The highest BCUT2D eigenvalue weighted by atomic mass is 16.1. The minimum atomic E-state index is -0.0938. The Hall–Kier alpha value is -3.98. The average molecular weight is 495 g/mol. The Labute approximate surface area is 215 Å². The number of fused-ring (bicyclic) bond motifs is 2. The number of aryl methyl sites for hydroxylation is 1. The molecule has 2 saturated heterocycles. The molecule has 4 aromatic heterocycles. The maximum Gasteiger partial charge on any atom is 0.254 e. The van der Waals surface area contributed by atoms with E-state index in [0.717, 1.165) is 46.8 Å². The molecule has 0 saturated carbocycles. The molecule has 9 nitrogen and oxygen atoms in total. The third-order valence-corrected chi connectivity index (χ3v) is 8.00. The topological polar surface area (TPSA) is 91.2 Å². The summed E-state index contributed by atoms with van der Waals surface area (Å²) in [6.45, 7) is 4.93. The molecular weight excluding hydrogens is 464 g/mol. The number of rotatable bonds is 5. The quantitative estimate of drug-likeness (QED) is 0.437. The molecule has 0 spiro atoms. The van der Waals surface area contributed by atoms with Crippen molar-refractivity contribution in [2.45, 2.75) is 31.8 Å². The van der Waals surface area contributed by atoms with Crippen LogP contribution < -0.4 is 15.5 Å². The van der Waals surface area contributed by atoms with Crippen molar-refractivity contribution in [2.24, 2.45) is 7.05 Å². The number of hydrogen-bond donors (Lipinski definition) is 2. The number of pyridine rings is 3. The van der Waals surface area contributed by atoms with Crippen molar-refractivity contribution in [3.63, 3.8) is 0 Å². The van der Waals surface area contributed by atoms with Crippen molar-refractivity contribution in [3.05, 3.63) is 60.0 Å². The lowest BCUT2D eigenvalue weighted by molar-refractivity contribution is 0.0966. The number of anilines is 3. The molecule has 0 radical (unpaired) electrons. The molecule has 37 heavy (non-hydrogen) atoms. The molecule has 9 heteroatoms. The lowest BCUT2D eigenvalue weighted by Crippen LogP contribution is -2.35. The Morgan fingerprint density at radius 1 is 1.08 bits per heavy atom. The van der Waals surface area contributed by atoms with Gasteiger partial charge in [-0.05, 0) is 56.6 Å². The average Bonchev–Trinajstić information content (AvgIpc) is 3.72. The van der Waals surface area contributed by atoms with Crippen LogP contribution in [0.15, 0.2) is 48.9 Å². The first-order valence-corrected chi connectivity index (χ1v) is 13.1. The van der Waals surface area contributed by atoms with Gasteiger partial charge in [0.25, 0.3) is 5.91 Å². The highest BCUT2D eigenvalue weighted by molar-refractivity contribution is 6.06. The van der Waals surface area contributed by atoms with Crippen LogP contribution in [0.5, 0.6) is 0 Å². The van der Waals surface area contributed by atoms with Gasteiger partial charge in [-0.25, -0.2) is 9.97 Å². The summed E-state index contributed by atoms with van der Waals surface area (Å²) in [5.41, 5.74) is 4.88. The minimum absolute atomic E-state index is 0.0938. The molecule has 3 aliphatic heterocycles. The van der Waals surface area contributed by atoms with Crippen LogP contribution in [0, 0.1) is 0 Å². The van der Waals surface area contributed by atoms with E-state index in [4.69, 9.17) is 9.97 Å². The number of carbonyl (C=O) groups excluding carboxylic acids is 1. The Balaban J connectivity index is 1.19. The number of nitrogens with one attached hydrogen (secondary N) is 2. The molecule has 7 heterocycles. The first-order valence-electron chi connectivity index (χ1n) is 13.1. The van der Waals surface area contributed by atoms with Gasteiger partial charge in [0.2, 0.25) is 0 Å². The second-order valence-electron chi connectivity index (χ2n) is 10.2. The van der Waals surface area contributed by atoms with Crippen molar-refractivity contribution < 1.29 is 4.79 Å². The lowest BCUT2D eigenvalue weighted by atomic mass is 10.0. The summed E-state index contributed by atoms with van der Waals surface area (Å²) in [6, 6.07) is 10.7. The summed E-state index contributed by atoms with van der Waals surface area (Å²) in [7, 11) is 1.98. The molecule has 0 aliphatic carbocycles. The largest absolute Gasteiger partial charge is 0.355 e. The smallest absolute Gasteiger partial charge is 0.254 e. The van der Waals surface area contributed by atoms with Gasteiger partial charge < -0.3 is 20.1 Å². The van der Waals surface area contributed by atoms with Crippen LogP contribution in [0.2, 0.25) is 0 Å². The lowest BCUT2D eigenvalue weighted by Gasteiger charge is -2.24. The fraction of sp³-hybridized carbons (Fsp3) is 0.357. The van der Waals surface area contributed by atoms with Gasteiger partial charge in [0.05, 0.1) is 23.1 Å². The third kappa shape index (κ3) is 3.81. The molecule has 1 atom stereocenters.